The van der Waals surface area contributed by atoms with Gasteiger partial charge in [0.1, 0.15) is 0 Å². The van der Waals surface area contributed by atoms with Gasteiger partial charge in [-0.05, 0) is 57.3 Å². The highest BCUT2D eigenvalue weighted by atomic mass is 79.9. The SMILES string of the molecule is CCn1nc(C)c(NC(=S)Nc2ccc(Br)cc2)c1C. The molecule has 0 aliphatic rings. The topological polar surface area (TPSA) is 41.9 Å². The molecule has 6 heteroatoms. The van der Waals surface area contributed by atoms with Crippen molar-refractivity contribution >= 4 is 44.6 Å². The molecular formula is C14H17BrN4S. The summed E-state index contributed by atoms with van der Waals surface area (Å²) in [6.45, 7) is 6.93. The molecule has 0 atom stereocenters. The van der Waals surface area contributed by atoms with Crippen LogP contribution in [0.3, 0.4) is 0 Å². The highest BCUT2D eigenvalue weighted by molar-refractivity contribution is 9.10. The Bertz CT molecular complexity index is 619. The molecule has 0 saturated carbocycles. The Labute approximate surface area is 132 Å². The van der Waals surface area contributed by atoms with Crippen LogP contribution in [0.2, 0.25) is 0 Å². The van der Waals surface area contributed by atoms with E-state index < -0.39 is 0 Å². The zero-order valence-electron chi connectivity index (χ0n) is 11.7. The van der Waals surface area contributed by atoms with E-state index in [1.54, 1.807) is 0 Å². The Balaban J connectivity index is 2.08. The maximum absolute atomic E-state index is 5.34. The van der Waals surface area contributed by atoms with Crippen LogP contribution < -0.4 is 10.6 Å². The molecule has 0 spiro atoms. The van der Waals surface area contributed by atoms with E-state index in [1.165, 1.54) is 0 Å². The van der Waals surface area contributed by atoms with Gasteiger partial charge in [0, 0.05) is 16.7 Å². The molecule has 0 unspecified atom stereocenters. The average Bonchev–Trinajstić information content (AvgIpc) is 2.69. The van der Waals surface area contributed by atoms with Gasteiger partial charge in [-0.1, -0.05) is 15.9 Å². The first-order valence-electron chi connectivity index (χ1n) is 6.39. The van der Waals surface area contributed by atoms with Crippen molar-refractivity contribution in [3.8, 4) is 0 Å². The highest BCUT2D eigenvalue weighted by Gasteiger charge is 2.11. The number of aryl methyl sites for hydroxylation is 2. The molecule has 20 heavy (non-hydrogen) atoms. The van der Waals surface area contributed by atoms with E-state index in [2.05, 4.69) is 38.6 Å². The first-order valence-corrected chi connectivity index (χ1v) is 7.59. The van der Waals surface area contributed by atoms with Gasteiger partial charge in [0.05, 0.1) is 17.1 Å². The molecule has 0 aliphatic heterocycles. The van der Waals surface area contributed by atoms with E-state index in [-0.39, 0.29) is 0 Å². The minimum absolute atomic E-state index is 0.564. The monoisotopic (exact) mass is 352 g/mol. The van der Waals surface area contributed by atoms with Crippen LogP contribution in [0.1, 0.15) is 18.3 Å². The minimum atomic E-state index is 0.564. The minimum Gasteiger partial charge on any atom is -0.332 e. The van der Waals surface area contributed by atoms with E-state index >= 15 is 0 Å². The lowest BCUT2D eigenvalue weighted by atomic mass is 10.3. The standard InChI is InChI=1S/C14H17BrN4S/c1-4-19-10(3)13(9(2)18-19)17-14(20)16-12-7-5-11(15)6-8-12/h5-8H,4H2,1-3H3,(H2,16,17,20). The molecule has 0 amide bonds. The molecule has 0 bridgehead atoms. The molecule has 106 valence electrons. The Kier molecular flexibility index (Phi) is 4.77. The summed E-state index contributed by atoms with van der Waals surface area (Å²) in [5.74, 6) is 0. The van der Waals surface area contributed by atoms with E-state index in [9.17, 15) is 0 Å². The molecule has 2 N–H and O–H groups in total. The average molecular weight is 353 g/mol. The number of nitrogens with zero attached hydrogens (tertiary/aromatic N) is 2. The molecule has 1 aromatic carbocycles. The number of halogens is 1. The van der Waals surface area contributed by atoms with Gasteiger partial charge in [-0.2, -0.15) is 5.10 Å². The summed E-state index contributed by atoms with van der Waals surface area (Å²) in [5, 5.41) is 11.4. The van der Waals surface area contributed by atoms with E-state index in [4.69, 9.17) is 12.2 Å². The van der Waals surface area contributed by atoms with Crippen LogP contribution in [-0.4, -0.2) is 14.9 Å². The molecule has 1 heterocycles. The fourth-order valence-corrected chi connectivity index (χ4v) is 2.48. The number of thiocarbonyl (C=S) groups is 1. The summed E-state index contributed by atoms with van der Waals surface area (Å²) >= 11 is 8.75. The Morgan fingerprint density at radius 3 is 2.45 bits per heavy atom. The normalized spacial score (nSPS) is 10.4. The smallest absolute Gasteiger partial charge is 0.175 e. The molecule has 2 rings (SSSR count). The number of aromatic nitrogens is 2. The first kappa shape index (κ1) is 15.0. The zero-order valence-corrected chi connectivity index (χ0v) is 14.1. The third kappa shape index (κ3) is 3.37. The van der Waals surface area contributed by atoms with Crippen molar-refractivity contribution in [1.29, 1.82) is 0 Å². The number of anilines is 2. The second-order valence-electron chi connectivity index (χ2n) is 4.45. The van der Waals surface area contributed by atoms with Gasteiger partial charge < -0.3 is 10.6 Å². The number of hydrogen-bond donors (Lipinski definition) is 2. The number of hydrogen-bond acceptors (Lipinski definition) is 2. The predicted molar refractivity (Wildman–Crippen MR) is 91.4 cm³/mol. The number of benzene rings is 1. The molecule has 0 aliphatic carbocycles. The number of rotatable bonds is 3. The summed E-state index contributed by atoms with van der Waals surface area (Å²) in [4.78, 5) is 0. The lowest BCUT2D eigenvalue weighted by molar-refractivity contribution is 0.634. The molecule has 2 aromatic rings. The van der Waals surface area contributed by atoms with Gasteiger partial charge in [0.15, 0.2) is 5.11 Å². The third-order valence-corrected chi connectivity index (χ3v) is 3.75. The molecule has 0 radical (unpaired) electrons. The lowest BCUT2D eigenvalue weighted by Gasteiger charge is -2.11. The van der Waals surface area contributed by atoms with Crippen LogP contribution in [-0.2, 0) is 6.54 Å². The quantitative estimate of drug-likeness (QED) is 0.816. The number of nitrogens with one attached hydrogen (secondary N) is 2. The van der Waals surface area contributed by atoms with E-state index in [1.807, 2.05) is 42.8 Å². The Morgan fingerprint density at radius 1 is 1.25 bits per heavy atom. The molecule has 4 nitrogen and oxygen atoms in total. The Morgan fingerprint density at radius 2 is 1.90 bits per heavy atom. The summed E-state index contributed by atoms with van der Waals surface area (Å²) in [6, 6.07) is 7.87. The predicted octanol–water partition coefficient (Wildman–Crippen LogP) is 4.09. The van der Waals surface area contributed by atoms with Crippen LogP contribution in [0.15, 0.2) is 28.7 Å². The summed E-state index contributed by atoms with van der Waals surface area (Å²) in [7, 11) is 0. The third-order valence-electron chi connectivity index (χ3n) is 3.02. The van der Waals surface area contributed by atoms with Crippen molar-refractivity contribution in [2.24, 2.45) is 0 Å². The van der Waals surface area contributed by atoms with Crippen LogP contribution in [0.4, 0.5) is 11.4 Å². The van der Waals surface area contributed by atoms with Gasteiger partial charge in [-0.3, -0.25) is 4.68 Å². The van der Waals surface area contributed by atoms with Gasteiger partial charge in [-0.25, -0.2) is 0 Å². The van der Waals surface area contributed by atoms with Gasteiger partial charge in [0.25, 0.3) is 0 Å². The summed E-state index contributed by atoms with van der Waals surface area (Å²) in [5.41, 5.74) is 3.96. The largest absolute Gasteiger partial charge is 0.332 e. The van der Waals surface area contributed by atoms with Gasteiger partial charge in [-0.15, -0.1) is 0 Å². The zero-order chi connectivity index (χ0) is 14.7. The van der Waals surface area contributed by atoms with Crippen LogP contribution in [0, 0.1) is 13.8 Å². The van der Waals surface area contributed by atoms with Crippen molar-refractivity contribution in [1.82, 2.24) is 9.78 Å². The van der Waals surface area contributed by atoms with E-state index in [0.29, 0.717) is 5.11 Å². The van der Waals surface area contributed by atoms with Crippen LogP contribution in [0.25, 0.3) is 0 Å². The van der Waals surface area contributed by atoms with E-state index in [0.717, 1.165) is 33.8 Å². The summed E-state index contributed by atoms with van der Waals surface area (Å²) < 4.78 is 3.00. The van der Waals surface area contributed by atoms with Crippen LogP contribution in [0.5, 0.6) is 0 Å². The second-order valence-corrected chi connectivity index (χ2v) is 5.77. The van der Waals surface area contributed by atoms with Gasteiger partial charge in [0.2, 0.25) is 0 Å². The van der Waals surface area contributed by atoms with Crippen molar-refractivity contribution in [3.63, 3.8) is 0 Å². The maximum Gasteiger partial charge on any atom is 0.175 e. The molecular weight excluding hydrogens is 336 g/mol. The molecule has 0 fully saturated rings. The van der Waals surface area contributed by atoms with Crippen molar-refractivity contribution in [2.75, 3.05) is 10.6 Å². The fourth-order valence-electron chi connectivity index (χ4n) is 1.99. The lowest BCUT2D eigenvalue weighted by Crippen LogP contribution is -2.19. The second kappa shape index (κ2) is 6.37. The highest BCUT2D eigenvalue weighted by Crippen LogP contribution is 2.20. The van der Waals surface area contributed by atoms with Crippen molar-refractivity contribution in [3.05, 3.63) is 40.1 Å². The van der Waals surface area contributed by atoms with Crippen LogP contribution >= 0.6 is 28.1 Å². The molecule has 1 aromatic heterocycles. The molecule has 0 saturated heterocycles. The van der Waals surface area contributed by atoms with Crippen molar-refractivity contribution in [2.45, 2.75) is 27.3 Å². The maximum atomic E-state index is 5.34. The van der Waals surface area contributed by atoms with Crippen molar-refractivity contribution < 1.29 is 0 Å². The fraction of sp³-hybridized carbons (Fsp3) is 0.286. The Hall–Kier alpha value is -1.40. The first-order chi connectivity index (χ1) is 9.51. The summed E-state index contributed by atoms with van der Waals surface area (Å²) in [6.07, 6.45) is 0. The van der Waals surface area contributed by atoms with Gasteiger partial charge >= 0.3 is 0 Å².